The summed E-state index contributed by atoms with van der Waals surface area (Å²) in [6, 6.07) is 8.54. The minimum Gasteiger partial charge on any atom is -0.508 e. The van der Waals surface area contributed by atoms with E-state index < -0.39 is 17.6 Å². The molecule has 1 aliphatic heterocycles. The number of aromatic hydroxyl groups is 2. The van der Waals surface area contributed by atoms with Crippen molar-refractivity contribution in [1.29, 1.82) is 0 Å². The van der Waals surface area contributed by atoms with Crippen molar-refractivity contribution in [3.05, 3.63) is 79.0 Å². The van der Waals surface area contributed by atoms with Crippen LogP contribution in [-0.2, 0) is 9.53 Å². The van der Waals surface area contributed by atoms with Gasteiger partial charge >= 0.3 is 5.97 Å². The van der Waals surface area contributed by atoms with Crippen molar-refractivity contribution in [2.75, 3.05) is 20.3 Å². The average molecular weight is 497 g/mol. The van der Waals surface area contributed by atoms with E-state index in [4.69, 9.17) is 14.2 Å². The van der Waals surface area contributed by atoms with E-state index in [-0.39, 0.29) is 17.1 Å². The molecule has 9 nitrogen and oxygen atoms in total. The second-order valence-electron chi connectivity index (χ2n) is 7.49. The van der Waals surface area contributed by atoms with Crippen LogP contribution in [0.25, 0.3) is 6.08 Å². The number of carbonyl (C=O) groups excluding carboxylic acids is 1. The third kappa shape index (κ3) is 4.65. The number of phenols is 2. The van der Waals surface area contributed by atoms with E-state index in [0.717, 1.165) is 11.3 Å². The Kier molecular flexibility index (Phi) is 6.92. The molecule has 0 spiro atoms. The standard InChI is InChI=1S/C25H24N2O7S/c1-4-33-19-9-7-15(10-20(19)34-5-2)22-17(24(31)32-3)13-26-25-27(22)23(30)21(35-25)11-14-6-8-16(28)12-18(14)29/h6-13,22,28-29H,4-5H2,1-3H3/b21-11-/t22-/m0/s1. The monoisotopic (exact) mass is 496 g/mol. The maximum Gasteiger partial charge on any atom is 0.337 e. The SMILES string of the molecule is CCOc1ccc([C@H]2C(C(=O)OC)=CN=c3s/c(=C\c4ccc(O)cc4O)c(=O)n32)cc1OCC. The van der Waals surface area contributed by atoms with Gasteiger partial charge in [0, 0.05) is 17.8 Å². The number of carbonyl (C=O) groups is 1. The molecule has 0 saturated heterocycles. The normalized spacial score (nSPS) is 15.1. The lowest BCUT2D eigenvalue weighted by molar-refractivity contribution is -0.136. The van der Waals surface area contributed by atoms with Gasteiger partial charge in [-0.05, 0) is 49.8 Å². The van der Waals surface area contributed by atoms with Crippen LogP contribution >= 0.6 is 11.3 Å². The number of thiazole rings is 1. The fourth-order valence-electron chi connectivity index (χ4n) is 3.78. The van der Waals surface area contributed by atoms with Gasteiger partial charge in [0.05, 0.1) is 36.5 Å². The Hall–Kier alpha value is -4.05. The molecular formula is C25H24N2O7S. The van der Waals surface area contributed by atoms with Gasteiger partial charge in [0.25, 0.3) is 5.56 Å². The fraction of sp³-hybridized carbons (Fsp3) is 0.240. The fourth-order valence-corrected chi connectivity index (χ4v) is 4.74. The molecule has 0 fully saturated rings. The van der Waals surface area contributed by atoms with Gasteiger partial charge in [-0.3, -0.25) is 9.36 Å². The van der Waals surface area contributed by atoms with E-state index in [9.17, 15) is 19.8 Å². The molecule has 182 valence electrons. The first-order chi connectivity index (χ1) is 16.9. The maximum absolute atomic E-state index is 13.5. The van der Waals surface area contributed by atoms with Crippen LogP contribution in [0.1, 0.15) is 31.0 Å². The summed E-state index contributed by atoms with van der Waals surface area (Å²) in [6.07, 6.45) is 2.92. The zero-order chi connectivity index (χ0) is 25.1. The third-order valence-corrected chi connectivity index (χ3v) is 6.31. The van der Waals surface area contributed by atoms with Gasteiger partial charge in [-0.25, -0.2) is 9.79 Å². The van der Waals surface area contributed by atoms with Gasteiger partial charge in [0.15, 0.2) is 16.3 Å². The number of hydrogen-bond donors (Lipinski definition) is 2. The van der Waals surface area contributed by atoms with Gasteiger partial charge in [-0.1, -0.05) is 17.4 Å². The second kappa shape index (κ2) is 10.1. The van der Waals surface area contributed by atoms with Gasteiger partial charge in [0.1, 0.15) is 11.5 Å². The number of methoxy groups -OCH3 is 1. The predicted octanol–water partition coefficient (Wildman–Crippen LogP) is 2.23. The molecule has 2 N–H and O–H groups in total. The van der Waals surface area contributed by atoms with Crippen LogP contribution in [-0.4, -0.2) is 41.1 Å². The largest absolute Gasteiger partial charge is 0.508 e. The molecule has 4 rings (SSSR count). The van der Waals surface area contributed by atoms with Crippen molar-refractivity contribution < 1.29 is 29.2 Å². The lowest BCUT2D eigenvalue weighted by atomic mass is 9.97. The highest BCUT2D eigenvalue weighted by Crippen LogP contribution is 2.35. The highest BCUT2D eigenvalue weighted by Gasteiger charge is 2.31. The smallest absolute Gasteiger partial charge is 0.337 e. The van der Waals surface area contributed by atoms with E-state index in [1.54, 1.807) is 18.2 Å². The van der Waals surface area contributed by atoms with Crippen LogP contribution in [0.15, 0.2) is 58.0 Å². The number of nitrogens with zero attached hydrogens (tertiary/aromatic N) is 2. The summed E-state index contributed by atoms with van der Waals surface area (Å²) in [5.74, 6) is 0.164. The van der Waals surface area contributed by atoms with Gasteiger partial charge in [-0.2, -0.15) is 0 Å². The highest BCUT2D eigenvalue weighted by molar-refractivity contribution is 7.07. The quantitative estimate of drug-likeness (QED) is 0.482. The Bertz CT molecular complexity index is 1490. The Morgan fingerprint density at radius 2 is 1.86 bits per heavy atom. The van der Waals surface area contributed by atoms with Crippen molar-refractivity contribution in [3.8, 4) is 23.0 Å². The van der Waals surface area contributed by atoms with Crippen LogP contribution in [0.5, 0.6) is 23.0 Å². The summed E-state index contributed by atoms with van der Waals surface area (Å²) in [4.78, 5) is 30.9. The zero-order valence-corrected chi connectivity index (χ0v) is 20.2. The first-order valence-electron chi connectivity index (χ1n) is 10.9. The van der Waals surface area contributed by atoms with Crippen molar-refractivity contribution in [2.45, 2.75) is 19.9 Å². The minimum absolute atomic E-state index is 0.0931. The summed E-state index contributed by atoms with van der Waals surface area (Å²) in [5.41, 5.74) is 0.762. The number of ether oxygens (including phenoxy) is 3. The molecular weight excluding hydrogens is 472 g/mol. The lowest BCUT2D eigenvalue weighted by Gasteiger charge is -2.23. The van der Waals surface area contributed by atoms with E-state index >= 15 is 0 Å². The Morgan fingerprint density at radius 1 is 1.11 bits per heavy atom. The molecule has 1 atom stereocenters. The zero-order valence-electron chi connectivity index (χ0n) is 19.3. The van der Waals surface area contributed by atoms with E-state index in [1.165, 1.54) is 42.2 Å². The van der Waals surface area contributed by atoms with E-state index in [2.05, 4.69) is 4.99 Å². The molecule has 2 aromatic carbocycles. The van der Waals surface area contributed by atoms with E-state index in [1.807, 2.05) is 13.8 Å². The average Bonchev–Trinajstić information content (AvgIpc) is 3.16. The lowest BCUT2D eigenvalue weighted by Crippen LogP contribution is -2.39. The van der Waals surface area contributed by atoms with Crippen LogP contribution in [0.4, 0.5) is 0 Å². The number of aromatic nitrogens is 1. The Balaban J connectivity index is 1.91. The number of phenolic OH excluding ortho intramolecular Hbond substituents is 2. The van der Waals surface area contributed by atoms with Crippen molar-refractivity contribution in [3.63, 3.8) is 0 Å². The number of fused-ring (bicyclic) bond motifs is 1. The number of esters is 1. The molecule has 0 amide bonds. The van der Waals surface area contributed by atoms with Gasteiger partial charge in [-0.15, -0.1) is 0 Å². The summed E-state index contributed by atoms with van der Waals surface area (Å²) in [6.45, 7) is 4.57. The molecule has 10 heteroatoms. The number of hydrogen-bond acceptors (Lipinski definition) is 9. The van der Waals surface area contributed by atoms with Crippen molar-refractivity contribution in [2.24, 2.45) is 4.99 Å². The van der Waals surface area contributed by atoms with Crippen LogP contribution < -0.4 is 24.4 Å². The maximum atomic E-state index is 13.5. The molecule has 0 unspecified atom stereocenters. The summed E-state index contributed by atoms with van der Waals surface area (Å²) in [5, 5.41) is 19.7. The first kappa shape index (κ1) is 24.1. The predicted molar refractivity (Wildman–Crippen MR) is 130 cm³/mol. The molecule has 0 radical (unpaired) electrons. The van der Waals surface area contributed by atoms with Crippen LogP contribution in [0.3, 0.4) is 0 Å². The van der Waals surface area contributed by atoms with Gasteiger partial charge in [0.2, 0.25) is 0 Å². The summed E-state index contributed by atoms with van der Waals surface area (Å²) in [7, 11) is 1.27. The molecule has 1 aromatic heterocycles. The molecule has 2 heterocycles. The molecule has 0 bridgehead atoms. The number of rotatable bonds is 7. The highest BCUT2D eigenvalue weighted by atomic mass is 32.1. The van der Waals surface area contributed by atoms with Crippen LogP contribution in [0, 0.1) is 0 Å². The molecule has 0 aliphatic carbocycles. The Morgan fingerprint density at radius 3 is 2.54 bits per heavy atom. The van der Waals surface area contributed by atoms with Gasteiger partial charge < -0.3 is 24.4 Å². The number of benzene rings is 2. The molecule has 3 aromatic rings. The minimum atomic E-state index is -0.816. The molecule has 35 heavy (non-hydrogen) atoms. The second-order valence-corrected chi connectivity index (χ2v) is 8.50. The molecule has 1 aliphatic rings. The van der Waals surface area contributed by atoms with Crippen molar-refractivity contribution in [1.82, 2.24) is 4.57 Å². The molecule has 0 saturated carbocycles. The van der Waals surface area contributed by atoms with Crippen LogP contribution in [0.2, 0.25) is 0 Å². The topological polar surface area (TPSA) is 120 Å². The summed E-state index contributed by atoms with van der Waals surface area (Å²) >= 11 is 1.12. The van der Waals surface area contributed by atoms with E-state index in [0.29, 0.717) is 45.2 Å². The first-order valence-corrected chi connectivity index (χ1v) is 11.7. The van der Waals surface area contributed by atoms with Crippen molar-refractivity contribution >= 4 is 23.4 Å². The third-order valence-electron chi connectivity index (χ3n) is 5.31. The Labute approximate surface area is 204 Å². The summed E-state index contributed by atoms with van der Waals surface area (Å²) < 4.78 is 18.1.